The van der Waals surface area contributed by atoms with Gasteiger partial charge in [0.15, 0.2) is 12.2 Å². The Balaban J connectivity index is 5.38. The predicted octanol–water partition coefficient (Wildman–Crippen LogP) is 22.7. The van der Waals surface area contributed by atoms with Gasteiger partial charge in [0.1, 0.15) is 19.3 Å². The Morgan fingerprint density at radius 2 is 0.549 bits per heavy atom. The van der Waals surface area contributed by atoms with Crippen LogP contribution in [0.2, 0.25) is 0 Å². The summed E-state index contributed by atoms with van der Waals surface area (Å²) in [4.78, 5) is 72.9. The van der Waals surface area contributed by atoms with Gasteiger partial charge in [-0.2, -0.15) is 0 Å². The number of carbonyl (C=O) groups is 4. The molecular formula is C83H138O17P2. The van der Waals surface area contributed by atoms with E-state index in [2.05, 4.69) is 155 Å². The molecule has 0 spiro atoms. The van der Waals surface area contributed by atoms with Crippen molar-refractivity contribution >= 4 is 39.5 Å². The van der Waals surface area contributed by atoms with Crippen LogP contribution in [0.15, 0.2) is 146 Å². The first-order valence-corrected chi connectivity index (χ1v) is 42.1. The second-order valence-corrected chi connectivity index (χ2v) is 28.4. The number of phosphoric ester groups is 2. The lowest BCUT2D eigenvalue weighted by Gasteiger charge is -2.21. The highest BCUT2D eigenvalue weighted by atomic mass is 31.2. The molecular weight excluding hydrogens is 1330 g/mol. The highest BCUT2D eigenvalue weighted by Crippen LogP contribution is 2.45. The molecule has 0 saturated heterocycles. The second-order valence-electron chi connectivity index (χ2n) is 25.5. The van der Waals surface area contributed by atoms with E-state index in [0.29, 0.717) is 32.1 Å². The van der Waals surface area contributed by atoms with E-state index in [1.165, 1.54) is 38.5 Å². The molecule has 0 bridgehead atoms. The average molecular weight is 1470 g/mol. The van der Waals surface area contributed by atoms with Crippen molar-refractivity contribution in [1.29, 1.82) is 0 Å². The number of unbranched alkanes of at least 4 members (excludes halogenated alkanes) is 22. The molecule has 0 aliphatic heterocycles. The Bertz CT molecular complexity index is 2510. The van der Waals surface area contributed by atoms with E-state index >= 15 is 0 Å². The number of esters is 4. The topological polar surface area (TPSA) is 237 Å². The van der Waals surface area contributed by atoms with Crippen LogP contribution in [-0.4, -0.2) is 96.7 Å². The maximum absolute atomic E-state index is 13.1. The third kappa shape index (κ3) is 73.3. The molecule has 3 N–H and O–H groups in total. The minimum Gasteiger partial charge on any atom is -0.462 e. The minimum absolute atomic E-state index is 0.0297. The third-order valence-electron chi connectivity index (χ3n) is 15.8. The molecule has 0 rings (SSSR count). The van der Waals surface area contributed by atoms with Crippen molar-refractivity contribution in [2.24, 2.45) is 0 Å². The fourth-order valence-corrected chi connectivity index (χ4v) is 11.5. The number of phosphoric acid groups is 2. The number of hydrogen-bond acceptors (Lipinski definition) is 15. The molecule has 0 aliphatic carbocycles. The molecule has 0 radical (unpaired) electrons. The molecule has 5 unspecified atom stereocenters. The standard InChI is InChI=1S/C83H138O17P2/c1-5-9-13-17-21-25-29-32-34-36-38-40-42-45-48-51-55-59-63-67-80(85)93-73-78(99-82(87)69-65-61-57-53-47-28-24-20-16-12-8-4)75-97-101(89,90)95-71-77(84)72-96-102(91,92)98-76-79(100-83(88)70-66-62-58-54-50-44-31-27-23-19-15-11-7-3)74-94-81(86)68-64-60-56-52-49-46-43-41-39-37-35-33-30-26-22-18-14-10-6-2/h9-10,13-15,19,21-22,25-27,31-35,38-41,46,49,56,60,77-79,84H,5-8,11-12,16-18,20,23-24,28-30,36-37,42-45,47-48,50-55,57-59,61-76H2,1-4H3,(H,89,90)(H,91,92)/b13-9-,14-10-,19-15-,25-21-,26-22-,31-27-,34-32-,35-33-,40-38-,41-39-,49-46-,60-56-. The highest BCUT2D eigenvalue weighted by Gasteiger charge is 2.30. The van der Waals surface area contributed by atoms with Crippen LogP contribution in [-0.2, 0) is 65.4 Å². The summed E-state index contributed by atoms with van der Waals surface area (Å²) in [7, 11) is -9.98. The van der Waals surface area contributed by atoms with Gasteiger partial charge < -0.3 is 33.8 Å². The normalized spacial score (nSPS) is 14.7. The van der Waals surface area contributed by atoms with Gasteiger partial charge in [0.05, 0.1) is 26.4 Å². The van der Waals surface area contributed by atoms with E-state index in [9.17, 15) is 43.2 Å². The molecule has 0 heterocycles. The first-order chi connectivity index (χ1) is 49.7. The fraction of sp³-hybridized carbons (Fsp3) is 0.663. The van der Waals surface area contributed by atoms with Crippen molar-refractivity contribution in [2.45, 2.75) is 316 Å². The molecule has 582 valence electrons. The summed E-state index contributed by atoms with van der Waals surface area (Å²) in [6.07, 6.45) is 84.2. The summed E-state index contributed by atoms with van der Waals surface area (Å²) < 4.78 is 68.4. The lowest BCUT2D eigenvalue weighted by molar-refractivity contribution is -0.161. The van der Waals surface area contributed by atoms with Crippen LogP contribution in [0.1, 0.15) is 297 Å². The largest absolute Gasteiger partial charge is 0.472 e. The first kappa shape index (κ1) is 96.9. The van der Waals surface area contributed by atoms with Gasteiger partial charge >= 0.3 is 39.5 Å². The van der Waals surface area contributed by atoms with Crippen LogP contribution in [0.25, 0.3) is 0 Å². The summed E-state index contributed by atoms with van der Waals surface area (Å²) in [5.41, 5.74) is 0. The zero-order chi connectivity index (χ0) is 74.6. The quantitative estimate of drug-likeness (QED) is 0.0169. The Morgan fingerprint density at radius 3 is 0.882 bits per heavy atom. The van der Waals surface area contributed by atoms with E-state index in [-0.39, 0.29) is 25.7 Å². The summed E-state index contributed by atoms with van der Waals surface area (Å²) >= 11 is 0. The molecule has 0 aromatic carbocycles. The molecule has 5 atom stereocenters. The van der Waals surface area contributed by atoms with E-state index in [0.717, 1.165) is 173 Å². The van der Waals surface area contributed by atoms with Crippen molar-refractivity contribution in [3.63, 3.8) is 0 Å². The van der Waals surface area contributed by atoms with Crippen molar-refractivity contribution in [2.75, 3.05) is 39.6 Å². The van der Waals surface area contributed by atoms with Crippen molar-refractivity contribution < 1.29 is 80.2 Å². The SMILES string of the molecule is CC/C=C\C/C=C\C/C=C\C/C=C\C/C=C\C/C=C\CCC(=O)OCC(COP(=O)(O)OCC(O)COP(=O)(O)OCC(COC(=O)CCCCCCCC/C=C\C/C=C\C/C=C\C/C=C\CC)OC(=O)CCCCCCCCCCCCC)OC(=O)CCCCCCC/C=C\C/C=C\CCC. The Morgan fingerprint density at radius 1 is 0.284 bits per heavy atom. The minimum atomic E-state index is -5.00. The summed E-state index contributed by atoms with van der Waals surface area (Å²) in [6.45, 7) is 4.45. The van der Waals surface area contributed by atoms with E-state index in [4.69, 9.17) is 37.0 Å². The molecule has 102 heavy (non-hydrogen) atoms. The van der Waals surface area contributed by atoms with E-state index < -0.39 is 97.5 Å². The Hall–Kier alpha value is -5.06. The number of aliphatic hydroxyl groups is 1. The Labute approximate surface area is 617 Å². The van der Waals surface area contributed by atoms with Crippen LogP contribution in [0.5, 0.6) is 0 Å². The monoisotopic (exact) mass is 1470 g/mol. The first-order valence-electron chi connectivity index (χ1n) is 39.1. The molecule has 17 nitrogen and oxygen atoms in total. The second kappa shape index (κ2) is 74.2. The number of rotatable bonds is 72. The summed E-state index contributed by atoms with van der Waals surface area (Å²) in [5.74, 6) is -2.31. The predicted molar refractivity (Wildman–Crippen MR) is 417 cm³/mol. The van der Waals surface area contributed by atoms with Gasteiger partial charge in [0, 0.05) is 25.7 Å². The third-order valence-corrected chi connectivity index (χ3v) is 17.7. The van der Waals surface area contributed by atoms with Crippen LogP contribution >= 0.6 is 15.6 Å². The molecule has 0 fully saturated rings. The van der Waals surface area contributed by atoms with Gasteiger partial charge in [0.25, 0.3) is 0 Å². The maximum Gasteiger partial charge on any atom is 0.472 e. The lowest BCUT2D eigenvalue weighted by atomic mass is 10.1. The van der Waals surface area contributed by atoms with Gasteiger partial charge in [-0.1, -0.05) is 289 Å². The number of hydrogen-bond donors (Lipinski definition) is 3. The van der Waals surface area contributed by atoms with Crippen LogP contribution < -0.4 is 0 Å². The lowest BCUT2D eigenvalue weighted by Crippen LogP contribution is -2.30. The van der Waals surface area contributed by atoms with Crippen molar-refractivity contribution in [1.82, 2.24) is 0 Å². The molecule has 0 aliphatic rings. The summed E-state index contributed by atoms with van der Waals surface area (Å²) in [6, 6.07) is 0. The maximum atomic E-state index is 13.1. The fourth-order valence-electron chi connectivity index (χ4n) is 9.92. The van der Waals surface area contributed by atoms with Gasteiger partial charge in [-0.3, -0.25) is 37.3 Å². The van der Waals surface area contributed by atoms with Gasteiger partial charge in [-0.25, -0.2) is 9.13 Å². The number of allylic oxidation sites excluding steroid dienone is 24. The Kier molecular flexibility index (Phi) is 70.5. The zero-order valence-electron chi connectivity index (χ0n) is 63.5. The van der Waals surface area contributed by atoms with Crippen LogP contribution in [0.3, 0.4) is 0 Å². The summed E-state index contributed by atoms with van der Waals surface area (Å²) in [5, 5.41) is 10.6. The molecule has 0 aromatic rings. The van der Waals surface area contributed by atoms with Crippen molar-refractivity contribution in [3.05, 3.63) is 146 Å². The molecule has 0 amide bonds. The molecule has 0 aromatic heterocycles. The molecule has 0 saturated carbocycles. The van der Waals surface area contributed by atoms with E-state index in [1.54, 1.807) is 0 Å². The van der Waals surface area contributed by atoms with Gasteiger partial charge in [-0.05, 0) is 128 Å². The number of aliphatic hydroxyl groups excluding tert-OH is 1. The zero-order valence-corrected chi connectivity index (χ0v) is 65.3. The van der Waals surface area contributed by atoms with E-state index in [1.807, 2.05) is 18.2 Å². The average Bonchev–Trinajstić information content (AvgIpc) is 0.907. The smallest absolute Gasteiger partial charge is 0.462 e. The van der Waals surface area contributed by atoms with Gasteiger partial charge in [0.2, 0.25) is 0 Å². The highest BCUT2D eigenvalue weighted by molar-refractivity contribution is 7.47. The number of carbonyl (C=O) groups excluding carboxylic acids is 4. The van der Waals surface area contributed by atoms with Crippen molar-refractivity contribution in [3.8, 4) is 0 Å². The van der Waals surface area contributed by atoms with Gasteiger partial charge in [-0.15, -0.1) is 0 Å². The number of ether oxygens (including phenoxy) is 4. The molecule has 19 heteroatoms. The van der Waals surface area contributed by atoms with Crippen LogP contribution in [0, 0.1) is 0 Å². The van der Waals surface area contributed by atoms with Crippen LogP contribution in [0.4, 0.5) is 0 Å².